The molecule has 106 valence electrons. The summed E-state index contributed by atoms with van der Waals surface area (Å²) in [6.07, 6.45) is -3.12. The molecule has 0 unspecified atom stereocenters. The van der Waals surface area contributed by atoms with Gasteiger partial charge in [-0.15, -0.1) is 0 Å². The van der Waals surface area contributed by atoms with Gasteiger partial charge in [-0.25, -0.2) is 4.98 Å². The number of halogens is 3. The summed E-state index contributed by atoms with van der Waals surface area (Å²) in [7, 11) is 0. The molecule has 0 atom stereocenters. The maximum absolute atomic E-state index is 12.6. The van der Waals surface area contributed by atoms with Crippen LogP contribution in [0, 0.1) is 0 Å². The monoisotopic (exact) mass is 302 g/mol. The van der Waals surface area contributed by atoms with Gasteiger partial charge in [0.2, 0.25) is 0 Å². The molecule has 2 rings (SSSR count). The maximum atomic E-state index is 12.6. The van der Waals surface area contributed by atoms with Gasteiger partial charge in [-0.3, -0.25) is 0 Å². The van der Waals surface area contributed by atoms with Crippen molar-refractivity contribution in [3.05, 3.63) is 41.4 Å². The molecule has 5 nitrogen and oxygen atoms in total. The molecule has 0 aliphatic rings. The minimum Gasteiger partial charge on any atom is -0.389 e. The van der Waals surface area contributed by atoms with Crippen LogP contribution in [-0.2, 0) is 12.7 Å². The Bertz CT molecular complexity index is 613. The second-order valence-electron chi connectivity index (χ2n) is 3.79. The summed E-state index contributed by atoms with van der Waals surface area (Å²) in [6.45, 7) is 0.115. The molecule has 0 radical (unpaired) electrons. The maximum Gasteiger partial charge on any atom is 0.433 e. The predicted molar refractivity (Wildman–Crippen MR) is 69.0 cm³/mol. The lowest BCUT2D eigenvalue weighted by Crippen LogP contribution is -2.17. The highest BCUT2D eigenvalue weighted by atomic mass is 32.1. The third kappa shape index (κ3) is 3.23. The van der Waals surface area contributed by atoms with Crippen molar-refractivity contribution in [2.75, 3.05) is 5.32 Å². The molecule has 20 heavy (non-hydrogen) atoms. The summed E-state index contributed by atoms with van der Waals surface area (Å²) in [5.74, 6) is 0.391. The molecule has 0 aliphatic heterocycles. The van der Waals surface area contributed by atoms with Crippen molar-refractivity contribution in [1.82, 2.24) is 10.1 Å². The Hall–Kier alpha value is -2.16. The lowest BCUT2D eigenvalue weighted by Gasteiger charge is -2.12. The number of aromatic nitrogens is 2. The molecule has 0 amide bonds. The van der Waals surface area contributed by atoms with Crippen LogP contribution in [0.15, 0.2) is 28.9 Å². The van der Waals surface area contributed by atoms with E-state index in [1.165, 1.54) is 12.3 Å². The average Bonchev–Trinajstić information content (AvgIpc) is 2.87. The molecule has 0 fully saturated rings. The minimum absolute atomic E-state index is 0.0497. The van der Waals surface area contributed by atoms with Crippen LogP contribution in [0.1, 0.15) is 17.0 Å². The molecule has 0 saturated heterocycles. The standard InChI is InChI=1S/C11H9F3N4OS/c12-11(13,14)8-2-1-7(9(15)20)10(18-8)16-5-6-3-4-17-19-6/h1-4H,5H2,(H2,15,20)(H,16,18). The van der Waals surface area contributed by atoms with Crippen molar-refractivity contribution in [3.63, 3.8) is 0 Å². The Morgan fingerprint density at radius 3 is 2.65 bits per heavy atom. The number of alkyl halides is 3. The summed E-state index contributed by atoms with van der Waals surface area (Å²) in [4.78, 5) is 3.45. The molecule has 0 bridgehead atoms. The Balaban J connectivity index is 2.29. The van der Waals surface area contributed by atoms with Gasteiger partial charge in [0.1, 0.15) is 16.5 Å². The zero-order valence-electron chi connectivity index (χ0n) is 9.94. The van der Waals surface area contributed by atoms with Crippen molar-refractivity contribution in [1.29, 1.82) is 0 Å². The van der Waals surface area contributed by atoms with Crippen LogP contribution >= 0.6 is 12.2 Å². The van der Waals surface area contributed by atoms with Gasteiger partial charge in [0.15, 0.2) is 5.76 Å². The van der Waals surface area contributed by atoms with Crippen LogP contribution in [0.3, 0.4) is 0 Å². The van der Waals surface area contributed by atoms with Gasteiger partial charge < -0.3 is 15.6 Å². The topological polar surface area (TPSA) is 77.0 Å². The second-order valence-corrected chi connectivity index (χ2v) is 4.23. The van der Waals surface area contributed by atoms with Crippen molar-refractivity contribution >= 4 is 23.0 Å². The number of nitrogens with zero attached hydrogens (tertiary/aromatic N) is 2. The van der Waals surface area contributed by atoms with E-state index in [4.69, 9.17) is 22.5 Å². The van der Waals surface area contributed by atoms with Crippen LogP contribution in [-0.4, -0.2) is 15.1 Å². The fourth-order valence-corrected chi connectivity index (χ4v) is 1.62. The highest BCUT2D eigenvalue weighted by molar-refractivity contribution is 7.80. The molecule has 2 heterocycles. The molecular weight excluding hydrogens is 293 g/mol. The van der Waals surface area contributed by atoms with E-state index >= 15 is 0 Å². The van der Waals surface area contributed by atoms with E-state index in [9.17, 15) is 13.2 Å². The average molecular weight is 302 g/mol. The van der Waals surface area contributed by atoms with E-state index in [2.05, 4.69) is 15.5 Å². The van der Waals surface area contributed by atoms with Crippen molar-refractivity contribution < 1.29 is 17.7 Å². The van der Waals surface area contributed by atoms with Crippen molar-refractivity contribution in [2.24, 2.45) is 5.73 Å². The van der Waals surface area contributed by atoms with Crippen LogP contribution in [0.25, 0.3) is 0 Å². The molecule has 0 aromatic carbocycles. The number of hydrogen-bond acceptors (Lipinski definition) is 5. The minimum atomic E-state index is -4.54. The zero-order valence-corrected chi connectivity index (χ0v) is 10.8. The van der Waals surface area contributed by atoms with Crippen LogP contribution in [0.5, 0.6) is 0 Å². The van der Waals surface area contributed by atoms with E-state index in [1.807, 2.05) is 0 Å². The van der Waals surface area contributed by atoms with Gasteiger partial charge in [0.05, 0.1) is 18.3 Å². The van der Waals surface area contributed by atoms with E-state index in [1.54, 1.807) is 6.07 Å². The number of anilines is 1. The predicted octanol–water partition coefficient (Wildman–Crippen LogP) is 2.33. The number of nitrogens with one attached hydrogen (secondary N) is 1. The Labute approximate surface area is 117 Å². The highest BCUT2D eigenvalue weighted by Gasteiger charge is 2.33. The summed E-state index contributed by atoms with van der Waals surface area (Å²) in [5.41, 5.74) is 4.66. The van der Waals surface area contributed by atoms with E-state index < -0.39 is 11.9 Å². The van der Waals surface area contributed by atoms with E-state index in [0.717, 1.165) is 6.07 Å². The van der Waals surface area contributed by atoms with Gasteiger partial charge in [0.25, 0.3) is 0 Å². The second kappa shape index (κ2) is 5.45. The summed E-state index contributed by atoms with van der Waals surface area (Å²) in [6, 6.07) is 3.58. The molecular formula is C11H9F3N4OS. The fraction of sp³-hybridized carbons (Fsp3) is 0.182. The fourth-order valence-electron chi connectivity index (χ4n) is 1.45. The number of nitrogens with two attached hydrogens (primary N) is 1. The van der Waals surface area contributed by atoms with Gasteiger partial charge in [-0.2, -0.15) is 13.2 Å². The van der Waals surface area contributed by atoms with Crippen LogP contribution in [0.4, 0.5) is 19.0 Å². The van der Waals surface area contributed by atoms with Crippen LogP contribution < -0.4 is 11.1 Å². The van der Waals surface area contributed by atoms with Gasteiger partial charge >= 0.3 is 6.18 Å². The third-order valence-electron chi connectivity index (χ3n) is 2.37. The smallest absolute Gasteiger partial charge is 0.389 e. The van der Waals surface area contributed by atoms with Gasteiger partial charge in [-0.1, -0.05) is 17.4 Å². The van der Waals surface area contributed by atoms with Crippen molar-refractivity contribution in [3.8, 4) is 0 Å². The molecule has 0 aliphatic carbocycles. The highest BCUT2D eigenvalue weighted by Crippen LogP contribution is 2.29. The first-order valence-corrected chi connectivity index (χ1v) is 5.80. The van der Waals surface area contributed by atoms with Crippen LogP contribution in [0.2, 0.25) is 0 Å². The summed E-state index contributed by atoms with van der Waals surface area (Å²) >= 11 is 4.78. The molecule has 0 spiro atoms. The normalized spacial score (nSPS) is 11.3. The Morgan fingerprint density at radius 2 is 2.10 bits per heavy atom. The first-order chi connectivity index (χ1) is 9.38. The van der Waals surface area contributed by atoms with E-state index in [0.29, 0.717) is 5.76 Å². The number of rotatable bonds is 4. The molecule has 2 aromatic rings. The number of hydrogen-bond donors (Lipinski definition) is 2. The zero-order chi connectivity index (χ0) is 14.8. The quantitative estimate of drug-likeness (QED) is 0.844. The lowest BCUT2D eigenvalue weighted by atomic mass is 10.2. The molecule has 2 aromatic heterocycles. The Morgan fingerprint density at radius 1 is 1.35 bits per heavy atom. The number of thiocarbonyl (C=S) groups is 1. The lowest BCUT2D eigenvalue weighted by molar-refractivity contribution is -0.141. The Kier molecular flexibility index (Phi) is 3.89. The first-order valence-electron chi connectivity index (χ1n) is 5.39. The summed E-state index contributed by atoms with van der Waals surface area (Å²) < 4.78 is 42.7. The van der Waals surface area contributed by atoms with E-state index in [-0.39, 0.29) is 22.9 Å². The summed E-state index contributed by atoms with van der Waals surface area (Å²) in [5, 5.41) is 6.18. The number of pyridine rings is 1. The van der Waals surface area contributed by atoms with Gasteiger partial charge in [-0.05, 0) is 12.1 Å². The molecule has 0 saturated carbocycles. The third-order valence-corrected chi connectivity index (χ3v) is 2.59. The van der Waals surface area contributed by atoms with Crippen molar-refractivity contribution in [2.45, 2.75) is 12.7 Å². The molecule has 3 N–H and O–H groups in total. The van der Waals surface area contributed by atoms with Gasteiger partial charge in [0, 0.05) is 6.07 Å². The first kappa shape index (κ1) is 14.3. The largest absolute Gasteiger partial charge is 0.433 e. The SMILES string of the molecule is NC(=S)c1ccc(C(F)(F)F)nc1NCc1ccno1. The molecule has 9 heteroatoms.